The average Bonchev–Trinajstić information content (AvgIpc) is 3.33. The number of carbonyl (C=O) groups excluding carboxylic acids is 1. The third-order valence-corrected chi connectivity index (χ3v) is 8.26. The summed E-state index contributed by atoms with van der Waals surface area (Å²) in [4.78, 5) is 17.9. The SMILES string of the molecule is CCc1ccc([C@H]2C(C#N)=C(N)N(c3ccccc3Cl)C3=C2C(=O)C[C@H](c2ccccc2)C3)s1. The van der Waals surface area contributed by atoms with Gasteiger partial charge in [-0.1, -0.05) is 61.0 Å². The third kappa shape index (κ3) is 3.73. The van der Waals surface area contributed by atoms with E-state index < -0.39 is 5.92 Å². The molecular formula is C28H24ClN3OS. The molecule has 0 radical (unpaired) electrons. The molecule has 1 aromatic heterocycles. The molecule has 3 aromatic rings. The minimum Gasteiger partial charge on any atom is -0.384 e. The predicted octanol–water partition coefficient (Wildman–Crippen LogP) is 6.66. The first kappa shape index (κ1) is 22.5. The Morgan fingerprint density at radius 3 is 2.50 bits per heavy atom. The number of benzene rings is 2. The van der Waals surface area contributed by atoms with E-state index in [-0.39, 0.29) is 11.7 Å². The molecular weight excluding hydrogens is 462 g/mol. The summed E-state index contributed by atoms with van der Waals surface area (Å²) < 4.78 is 0. The number of nitriles is 1. The van der Waals surface area contributed by atoms with E-state index in [1.807, 2.05) is 47.4 Å². The Balaban J connectivity index is 1.73. The lowest BCUT2D eigenvalue weighted by molar-refractivity contribution is -0.116. The summed E-state index contributed by atoms with van der Waals surface area (Å²) in [6.45, 7) is 2.10. The van der Waals surface area contributed by atoms with Crippen LogP contribution in [0.2, 0.25) is 5.02 Å². The highest BCUT2D eigenvalue weighted by Gasteiger charge is 2.43. The van der Waals surface area contributed by atoms with Crippen molar-refractivity contribution in [3.63, 3.8) is 0 Å². The van der Waals surface area contributed by atoms with Crippen molar-refractivity contribution in [2.75, 3.05) is 4.90 Å². The van der Waals surface area contributed by atoms with Crippen LogP contribution < -0.4 is 10.6 Å². The number of nitrogens with two attached hydrogens (primary N) is 1. The fourth-order valence-electron chi connectivity index (χ4n) is 5.02. The van der Waals surface area contributed by atoms with Crippen molar-refractivity contribution in [3.8, 4) is 6.07 Å². The number of hydrogen-bond acceptors (Lipinski definition) is 5. The summed E-state index contributed by atoms with van der Waals surface area (Å²) in [6, 6.07) is 24.0. The molecule has 2 atom stereocenters. The molecule has 4 nitrogen and oxygen atoms in total. The van der Waals surface area contributed by atoms with Gasteiger partial charge in [-0.05, 0) is 48.6 Å². The first-order chi connectivity index (χ1) is 16.5. The number of anilines is 1. The molecule has 0 amide bonds. The normalized spacial score (nSPS) is 20.4. The highest BCUT2D eigenvalue weighted by Crippen LogP contribution is 2.51. The van der Waals surface area contributed by atoms with Gasteiger partial charge in [-0.3, -0.25) is 9.69 Å². The van der Waals surface area contributed by atoms with Crippen LogP contribution in [0.15, 0.2) is 89.4 Å². The lowest BCUT2D eigenvalue weighted by Crippen LogP contribution is -2.40. The van der Waals surface area contributed by atoms with Crippen molar-refractivity contribution in [1.82, 2.24) is 0 Å². The van der Waals surface area contributed by atoms with E-state index in [2.05, 4.69) is 31.2 Å². The van der Waals surface area contributed by atoms with Crippen LogP contribution in [0.3, 0.4) is 0 Å². The average molecular weight is 486 g/mol. The van der Waals surface area contributed by atoms with Gasteiger partial charge in [0.1, 0.15) is 5.82 Å². The lowest BCUT2D eigenvalue weighted by atomic mass is 9.73. The number of halogens is 1. The molecule has 5 rings (SSSR count). The van der Waals surface area contributed by atoms with Gasteiger partial charge in [0.15, 0.2) is 5.78 Å². The van der Waals surface area contributed by atoms with E-state index in [0.29, 0.717) is 40.5 Å². The van der Waals surface area contributed by atoms with Crippen LogP contribution in [0.25, 0.3) is 0 Å². The first-order valence-corrected chi connectivity index (χ1v) is 12.6. The molecule has 2 aromatic carbocycles. The van der Waals surface area contributed by atoms with Crippen LogP contribution in [0.5, 0.6) is 0 Å². The minimum absolute atomic E-state index is 0.0315. The number of thiophene rings is 1. The highest BCUT2D eigenvalue weighted by atomic mass is 35.5. The summed E-state index contributed by atoms with van der Waals surface area (Å²) in [5.74, 6) is -0.0199. The molecule has 0 unspecified atom stereocenters. The van der Waals surface area contributed by atoms with E-state index >= 15 is 0 Å². The number of Topliss-reactive ketones (excluding diaryl/α,β-unsaturated/α-hetero) is 1. The summed E-state index contributed by atoms with van der Waals surface area (Å²) in [7, 11) is 0. The first-order valence-electron chi connectivity index (χ1n) is 11.4. The number of para-hydroxylation sites is 1. The van der Waals surface area contributed by atoms with Crippen LogP contribution in [0.4, 0.5) is 5.69 Å². The molecule has 0 fully saturated rings. The molecule has 0 saturated heterocycles. The maximum absolute atomic E-state index is 13.8. The Hall–Kier alpha value is -3.33. The molecule has 0 spiro atoms. The summed E-state index contributed by atoms with van der Waals surface area (Å²) in [6.07, 6.45) is 1.94. The van der Waals surface area contributed by atoms with Crippen LogP contribution in [-0.4, -0.2) is 5.78 Å². The summed E-state index contributed by atoms with van der Waals surface area (Å²) >= 11 is 8.25. The molecule has 1 aliphatic heterocycles. The Morgan fingerprint density at radius 1 is 1.09 bits per heavy atom. The Kier molecular flexibility index (Phi) is 6.03. The van der Waals surface area contributed by atoms with Crippen LogP contribution in [-0.2, 0) is 11.2 Å². The quantitative estimate of drug-likeness (QED) is 0.448. The van der Waals surface area contributed by atoms with Gasteiger partial charge in [-0.15, -0.1) is 11.3 Å². The third-order valence-electron chi connectivity index (χ3n) is 6.65. The number of carbonyl (C=O) groups is 1. The number of rotatable bonds is 4. The van der Waals surface area contributed by atoms with Gasteiger partial charge in [0.2, 0.25) is 0 Å². The molecule has 1 aliphatic carbocycles. The molecule has 2 heterocycles. The van der Waals surface area contributed by atoms with E-state index in [1.54, 1.807) is 17.4 Å². The summed E-state index contributed by atoms with van der Waals surface area (Å²) in [5.41, 5.74) is 10.4. The smallest absolute Gasteiger partial charge is 0.162 e. The molecule has 2 aliphatic rings. The monoisotopic (exact) mass is 485 g/mol. The standard InChI is InChI=1S/C28H24ClN3OS/c1-2-19-12-13-25(34-19)26-20(16-30)28(31)32(22-11-7-6-10-21(22)29)23-14-18(15-24(33)27(23)26)17-8-4-3-5-9-17/h3-13,18,26H,2,14-15,31H2,1H3/t18-,26-/m1/s1. The highest BCUT2D eigenvalue weighted by molar-refractivity contribution is 7.12. The summed E-state index contributed by atoms with van der Waals surface area (Å²) in [5, 5.41) is 10.7. The van der Waals surface area contributed by atoms with Crippen LogP contribution in [0, 0.1) is 11.3 Å². The van der Waals surface area contributed by atoms with Crippen molar-refractivity contribution < 1.29 is 4.79 Å². The largest absolute Gasteiger partial charge is 0.384 e. The van der Waals surface area contributed by atoms with E-state index in [0.717, 1.165) is 22.6 Å². The molecule has 2 N–H and O–H groups in total. The van der Waals surface area contributed by atoms with Gasteiger partial charge in [-0.25, -0.2) is 0 Å². The molecule has 6 heteroatoms. The fourth-order valence-corrected chi connectivity index (χ4v) is 6.32. The van der Waals surface area contributed by atoms with Gasteiger partial charge >= 0.3 is 0 Å². The molecule has 0 bridgehead atoms. The predicted molar refractivity (Wildman–Crippen MR) is 138 cm³/mol. The maximum atomic E-state index is 13.8. The molecule has 0 saturated carbocycles. The van der Waals surface area contributed by atoms with Gasteiger partial charge in [0, 0.05) is 27.4 Å². The zero-order chi connectivity index (χ0) is 23.8. The molecule has 170 valence electrons. The van der Waals surface area contributed by atoms with Crippen LogP contribution >= 0.6 is 22.9 Å². The van der Waals surface area contributed by atoms with Crippen molar-refractivity contribution >= 4 is 34.4 Å². The zero-order valence-corrected chi connectivity index (χ0v) is 20.4. The zero-order valence-electron chi connectivity index (χ0n) is 18.8. The van der Waals surface area contributed by atoms with Crippen molar-refractivity contribution in [2.24, 2.45) is 5.73 Å². The van der Waals surface area contributed by atoms with Crippen molar-refractivity contribution in [3.05, 3.63) is 110 Å². The van der Waals surface area contributed by atoms with Gasteiger partial charge in [0.25, 0.3) is 0 Å². The maximum Gasteiger partial charge on any atom is 0.162 e. The lowest BCUT2D eigenvalue weighted by Gasteiger charge is -2.41. The van der Waals surface area contributed by atoms with Gasteiger partial charge in [0.05, 0.1) is 28.3 Å². The van der Waals surface area contributed by atoms with E-state index in [9.17, 15) is 10.1 Å². The second-order valence-corrected chi connectivity index (χ2v) is 10.2. The second kappa shape index (κ2) is 9.13. The molecule has 34 heavy (non-hydrogen) atoms. The number of nitrogens with zero attached hydrogens (tertiary/aromatic N) is 2. The van der Waals surface area contributed by atoms with Gasteiger partial charge < -0.3 is 5.73 Å². The van der Waals surface area contributed by atoms with Crippen molar-refractivity contribution in [2.45, 2.75) is 38.0 Å². The topological polar surface area (TPSA) is 70.1 Å². The number of hydrogen-bond donors (Lipinski definition) is 1. The van der Waals surface area contributed by atoms with Crippen molar-refractivity contribution in [1.29, 1.82) is 5.26 Å². The Labute approximate surface area is 208 Å². The Bertz CT molecular complexity index is 1370. The fraction of sp³-hybridized carbons (Fsp3) is 0.214. The Morgan fingerprint density at radius 2 is 1.82 bits per heavy atom. The number of aryl methyl sites for hydroxylation is 1. The van der Waals surface area contributed by atoms with E-state index in [4.69, 9.17) is 17.3 Å². The second-order valence-electron chi connectivity index (χ2n) is 8.59. The minimum atomic E-state index is -0.451. The van der Waals surface area contributed by atoms with Gasteiger partial charge in [-0.2, -0.15) is 5.26 Å². The van der Waals surface area contributed by atoms with E-state index in [1.165, 1.54) is 4.88 Å². The number of allylic oxidation sites excluding steroid dienone is 3. The van der Waals surface area contributed by atoms with Crippen LogP contribution in [0.1, 0.15) is 46.9 Å². The number of ketones is 1.